The molecule has 208 valence electrons. The van der Waals surface area contributed by atoms with Crippen LogP contribution < -0.4 is 15.6 Å². The van der Waals surface area contributed by atoms with Crippen molar-refractivity contribution in [1.29, 1.82) is 0 Å². The number of benzene rings is 1. The molecule has 40 heavy (non-hydrogen) atoms. The van der Waals surface area contributed by atoms with E-state index in [1.54, 1.807) is 30.2 Å². The lowest BCUT2D eigenvalue weighted by Crippen LogP contribution is -2.26. The Morgan fingerprint density at radius 1 is 1.12 bits per heavy atom. The summed E-state index contributed by atoms with van der Waals surface area (Å²) in [5.41, 5.74) is 1.81. The minimum absolute atomic E-state index is 0.0385. The number of carbonyl (C=O) groups is 1. The maximum Gasteiger partial charge on any atom is 0.387 e. The highest BCUT2D eigenvalue weighted by molar-refractivity contribution is 6.31. The van der Waals surface area contributed by atoms with Crippen LogP contribution in [0.2, 0.25) is 5.02 Å². The summed E-state index contributed by atoms with van der Waals surface area (Å²) in [6.07, 6.45) is 6.34. The monoisotopic (exact) mass is 571 g/mol. The van der Waals surface area contributed by atoms with Crippen molar-refractivity contribution < 1.29 is 22.7 Å². The average molecular weight is 572 g/mol. The van der Waals surface area contributed by atoms with Gasteiger partial charge < -0.3 is 14.6 Å². The van der Waals surface area contributed by atoms with Crippen LogP contribution in [0.3, 0.4) is 0 Å². The van der Waals surface area contributed by atoms with Crippen LogP contribution in [0.4, 0.5) is 18.9 Å². The summed E-state index contributed by atoms with van der Waals surface area (Å²) in [6.45, 7) is -1.36. The number of amides is 1. The number of aromatic nitrogens is 4. The second-order valence-electron chi connectivity index (χ2n) is 9.61. The summed E-state index contributed by atoms with van der Waals surface area (Å²) < 4.78 is 48.6. The van der Waals surface area contributed by atoms with Crippen LogP contribution in [0.25, 0.3) is 22.4 Å². The molecule has 0 aliphatic carbocycles. The van der Waals surface area contributed by atoms with Gasteiger partial charge in [0, 0.05) is 37.0 Å². The van der Waals surface area contributed by atoms with E-state index in [0.717, 1.165) is 23.8 Å². The zero-order valence-corrected chi connectivity index (χ0v) is 22.3. The van der Waals surface area contributed by atoms with Crippen molar-refractivity contribution in [2.45, 2.75) is 38.8 Å². The van der Waals surface area contributed by atoms with E-state index >= 15 is 0 Å². The van der Waals surface area contributed by atoms with Gasteiger partial charge in [-0.05, 0) is 48.7 Å². The van der Waals surface area contributed by atoms with E-state index in [1.807, 2.05) is 13.0 Å². The van der Waals surface area contributed by atoms with Gasteiger partial charge in [-0.2, -0.15) is 13.9 Å². The van der Waals surface area contributed by atoms with Gasteiger partial charge in [0.1, 0.15) is 5.75 Å². The molecule has 2 bridgehead atoms. The highest BCUT2D eigenvalue weighted by Gasteiger charge is 2.25. The molecule has 5 rings (SSSR count). The molecule has 1 aliphatic heterocycles. The van der Waals surface area contributed by atoms with Gasteiger partial charge in [0.05, 0.1) is 39.9 Å². The zero-order valence-electron chi connectivity index (χ0n) is 21.6. The molecule has 0 spiro atoms. The second-order valence-corrected chi connectivity index (χ2v) is 10.0. The minimum atomic E-state index is -3.20. The molecule has 2 atom stereocenters. The number of alkyl halides is 2. The SMILES string of the molecule is CC1CCCC(n2ccc(-c3c(OC(F)F)ccc(Cl)c3F)cc2=O)c2cc(ccn2)-c2c(cnn2C)NC1=O. The Bertz CT molecular complexity index is 1640. The molecule has 1 amide bonds. The molecule has 8 nitrogen and oxygen atoms in total. The summed E-state index contributed by atoms with van der Waals surface area (Å²) in [7, 11) is 1.77. The third-order valence-corrected chi connectivity index (χ3v) is 7.29. The molecule has 0 radical (unpaired) electrons. The van der Waals surface area contributed by atoms with E-state index in [0.29, 0.717) is 36.3 Å². The van der Waals surface area contributed by atoms with Crippen molar-refractivity contribution in [2.24, 2.45) is 13.0 Å². The number of carbonyl (C=O) groups excluding carboxylic acids is 1. The molecule has 4 heterocycles. The van der Waals surface area contributed by atoms with E-state index in [4.69, 9.17) is 11.6 Å². The number of aryl methyl sites for hydroxylation is 1. The number of pyridine rings is 2. The Morgan fingerprint density at radius 2 is 1.93 bits per heavy atom. The summed E-state index contributed by atoms with van der Waals surface area (Å²) in [4.78, 5) is 30.8. The third kappa shape index (κ3) is 5.33. The predicted molar refractivity (Wildman–Crippen MR) is 144 cm³/mol. The van der Waals surface area contributed by atoms with Crippen LogP contribution in [0.1, 0.15) is 37.9 Å². The molecule has 2 unspecified atom stereocenters. The molecule has 1 aromatic carbocycles. The highest BCUT2D eigenvalue weighted by Crippen LogP contribution is 2.37. The number of nitrogens with zero attached hydrogens (tertiary/aromatic N) is 4. The molecule has 1 aliphatic rings. The Hall–Kier alpha value is -4.12. The van der Waals surface area contributed by atoms with E-state index in [-0.39, 0.29) is 28.0 Å². The van der Waals surface area contributed by atoms with E-state index in [9.17, 15) is 22.8 Å². The number of halogens is 4. The van der Waals surface area contributed by atoms with Crippen molar-refractivity contribution in [1.82, 2.24) is 19.3 Å². The molecule has 1 N–H and O–H groups in total. The van der Waals surface area contributed by atoms with E-state index in [1.165, 1.54) is 16.8 Å². The van der Waals surface area contributed by atoms with Gasteiger partial charge in [-0.3, -0.25) is 19.3 Å². The van der Waals surface area contributed by atoms with Gasteiger partial charge in [0.15, 0.2) is 5.82 Å². The zero-order chi connectivity index (χ0) is 28.6. The Kier molecular flexibility index (Phi) is 7.66. The first-order chi connectivity index (χ1) is 19.1. The Morgan fingerprint density at radius 3 is 2.67 bits per heavy atom. The number of hydrogen-bond acceptors (Lipinski definition) is 5. The number of ether oxygens (including phenoxy) is 1. The fraction of sp³-hybridized carbons (Fsp3) is 0.286. The number of nitrogens with one attached hydrogen (secondary N) is 1. The van der Waals surface area contributed by atoms with Crippen molar-refractivity contribution in [3.05, 3.63) is 81.9 Å². The van der Waals surface area contributed by atoms with Crippen molar-refractivity contribution in [3.8, 4) is 28.1 Å². The fourth-order valence-electron chi connectivity index (χ4n) is 4.98. The quantitative estimate of drug-likeness (QED) is 0.322. The van der Waals surface area contributed by atoms with E-state index < -0.39 is 29.8 Å². The predicted octanol–water partition coefficient (Wildman–Crippen LogP) is 6.05. The van der Waals surface area contributed by atoms with E-state index in [2.05, 4.69) is 20.1 Å². The van der Waals surface area contributed by atoms with Crippen LogP contribution in [0.15, 0.2) is 59.8 Å². The number of anilines is 1. The summed E-state index contributed by atoms with van der Waals surface area (Å²) in [5, 5.41) is 6.96. The average Bonchev–Trinajstić information content (AvgIpc) is 3.28. The minimum Gasteiger partial charge on any atom is -0.434 e. The largest absolute Gasteiger partial charge is 0.434 e. The highest BCUT2D eigenvalue weighted by atomic mass is 35.5. The molecule has 0 fully saturated rings. The lowest BCUT2D eigenvalue weighted by Gasteiger charge is -2.23. The van der Waals surface area contributed by atoms with Crippen molar-refractivity contribution >= 4 is 23.2 Å². The first-order valence-electron chi connectivity index (χ1n) is 12.6. The lowest BCUT2D eigenvalue weighted by atomic mass is 9.96. The van der Waals surface area contributed by atoms with Gasteiger partial charge in [-0.15, -0.1) is 0 Å². The third-order valence-electron chi connectivity index (χ3n) is 7.00. The molecule has 12 heteroatoms. The Balaban J connectivity index is 1.60. The van der Waals surface area contributed by atoms with Crippen LogP contribution in [-0.4, -0.2) is 31.9 Å². The number of hydrogen-bond donors (Lipinski definition) is 1. The second kappa shape index (κ2) is 11.2. The van der Waals surface area contributed by atoms with Gasteiger partial charge in [0.2, 0.25) is 5.91 Å². The van der Waals surface area contributed by atoms with Crippen LogP contribution >= 0.6 is 11.6 Å². The number of fused-ring (bicyclic) bond motifs is 4. The first kappa shape index (κ1) is 27.4. The summed E-state index contributed by atoms with van der Waals surface area (Å²) >= 11 is 5.91. The molecular formula is C28H25ClF3N5O3. The van der Waals surface area contributed by atoms with Crippen LogP contribution in [0.5, 0.6) is 5.75 Å². The van der Waals surface area contributed by atoms with Gasteiger partial charge in [-0.25, -0.2) is 4.39 Å². The standard InChI is InChI=1S/C28H25ClF3N5O3/c1-15-4-3-5-21(19-12-17(8-10-33-19)26-20(35-27(15)39)14-34-36(26)2)37-11-9-16(13-23(37)38)24-22(40-28(31)32)7-6-18(29)25(24)30/h6-15,21,28H,3-5H2,1-2H3,(H,35,39). The Labute approximate surface area is 232 Å². The van der Waals surface area contributed by atoms with Crippen molar-refractivity contribution in [3.63, 3.8) is 0 Å². The summed E-state index contributed by atoms with van der Waals surface area (Å²) in [6, 6.07) is 7.96. The van der Waals surface area contributed by atoms with Crippen molar-refractivity contribution in [2.75, 3.05) is 5.32 Å². The molecule has 0 saturated carbocycles. The lowest BCUT2D eigenvalue weighted by molar-refractivity contribution is -0.119. The van der Waals surface area contributed by atoms with Gasteiger partial charge in [0.25, 0.3) is 5.56 Å². The maximum atomic E-state index is 15.0. The molecular weight excluding hydrogens is 547 g/mol. The topological polar surface area (TPSA) is 91.0 Å². The molecule has 4 aromatic rings. The van der Waals surface area contributed by atoms with Gasteiger partial charge >= 0.3 is 6.61 Å². The fourth-order valence-corrected chi connectivity index (χ4v) is 5.14. The normalized spacial score (nSPS) is 17.5. The smallest absolute Gasteiger partial charge is 0.387 e. The maximum absolute atomic E-state index is 15.0. The number of rotatable bonds is 4. The summed E-state index contributed by atoms with van der Waals surface area (Å²) in [5.74, 6) is -1.84. The van der Waals surface area contributed by atoms with Crippen LogP contribution in [0, 0.1) is 11.7 Å². The molecule has 3 aromatic heterocycles. The molecule has 0 saturated heterocycles. The van der Waals surface area contributed by atoms with Gasteiger partial charge in [-0.1, -0.05) is 24.9 Å². The van der Waals surface area contributed by atoms with Crippen LogP contribution in [-0.2, 0) is 11.8 Å². The first-order valence-corrected chi connectivity index (χ1v) is 13.0.